The van der Waals surface area contributed by atoms with Crippen LogP contribution in [0.4, 0.5) is 5.82 Å². The van der Waals surface area contributed by atoms with Gasteiger partial charge in [-0.15, -0.1) is 0 Å². The minimum Gasteiger partial charge on any atom is -0.496 e. The number of ether oxygens (including phenoxy) is 1. The molecule has 0 unspecified atom stereocenters. The first-order chi connectivity index (χ1) is 12.9. The van der Waals surface area contributed by atoms with E-state index in [1.54, 1.807) is 37.8 Å². The number of nitrogens with zero attached hydrogens (tertiary/aromatic N) is 3. The quantitative estimate of drug-likeness (QED) is 0.815. The zero-order valence-corrected chi connectivity index (χ0v) is 16.8. The van der Waals surface area contributed by atoms with E-state index in [0.29, 0.717) is 12.5 Å². The Bertz CT molecular complexity index is 856. The SMILES string of the molecule is COc1c(C)cc(S(=O)(=O)NCC2CCN(c3cnccn3)CC2)cc1C. The van der Waals surface area contributed by atoms with Crippen molar-refractivity contribution in [2.75, 3.05) is 31.6 Å². The number of benzene rings is 1. The van der Waals surface area contributed by atoms with Crippen molar-refractivity contribution in [1.82, 2.24) is 14.7 Å². The molecule has 8 heteroatoms. The summed E-state index contributed by atoms with van der Waals surface area (Å²) in [6.07, 6.45) is 6.94. The molecule has 0 radical (unpaired) electrons. The maximum absolute atomic E-state index is 12.7. The average Bonchev–Trinajstić information content (AvgIpc) is 2.67. The Balaban J connectivity index is 1.59. The lowest BCUT2D eigenvalue weighted by Crippen LogP contribution is -2.39. The lowest BCUT2D eigenvalue weighted by molar-refractivity contribution is 0.400. The summed E-state index contributed by atoms with van der Waals surface area (Å²) in [7, 11) is -1.94. The summed E-state index contributed by atoms with van der Waals surface area (Å²) in [5, 5.41) is 0. The number of methoxy groups -OCH3 is 1. The van der Waals surface area contributed by atoms with Gasteiger partial charge in [0.1, 0.15) is 11.6 Å². The molecule has 1 fully saturated rings. The third-order valence-corrected chi connectivity index (χ3v) is 6.40. The monoisotopic (exact) mass is 390 g/mol. The van der Waals surface area contributed by atoms with Crippen molar-refractivity contribution in [2.45, 2.75) is 31.6 Å². The summed E-state index contributed by atoms with van der Waals surface area (Å²) in [4.78, 5) is 10.9. The Morgan fingerprint density at radius 2 is 1.85 bits per heavy atom. The number of aryl methyl sites for hydroxylation is 2. The van der Waals surface area contributed by atoms with E-state index in [4.69, 9.17) is 4.74 Å². The van der Waals surface area contributed by atoms with Gasteiger partial charge < -0.3 is 9.64 Å². The molecule has 1 N–H and O–H groups in total. The lowest BCUT2D eigenvalue weighted by Gasteiger charge is -2.32. The number of anilines is 1. The molecule has 27 heavy (non-hydrogen) atoms. The molecule has 0 spiro atoms. The first-order valence-corrected chi connectivity index (χ1v) is 10.5. The molecule has 0 saturated carbocycles. The Kier molecular flexibility index (Phi) is 5.96. The van der Waals surface area contributed by atoms with Crippen molar-refractivity contribution >= 4 is 15.8 Å². The Labute approximate surface area is 160 Å². The highest BCUT2D eigenvalue weighted by atomic mass is 32.2. The summed E-state index contributed by atoms with van der Waals surface area (Å²) >= 11 is 0. The van der Waals surface area contributed by atoms with Crippen molar-refractivity contribution in [2.24, 2.45) is 5.92 Å². The number of piperidine rings is 1. The molecule has 1 aliphatic rings. The molecule has 7 nitrogen and oxygen atoms in total. The van der Waals surface area contributed by atoms with Gasteiger partial charge in [-0.1, -0.05) is 0 Å². The topological polar surface area (TPSA) is 84.4 Å². The maximum Gasteiger partial charge on any atom is 0.240 e. The number of hydrogen-bond acceptors (Lipinski definition) is 6. The van der Waals surface area contributed by atoms with Crippen LogP contribution in [0.25, 0.3) is 0 Å². The van der Waals surface area contributed by atoms with E-state index in [9.17, 15) is 8.42 Å². The van der Waals surface area contributed by atoms with Gasteiger partial charge in [-0.3, -0.25) is 4.98 Å². The van der Waals surface area contributed by atoms with Crippen LogP contribution in [0.5, 0.6) is 5.75 Å². The van der Waals surface area contributed by atoms with Gasteiger partial charge in [0.25, 0.3) is 0 Å². The molecule has 1 aromatic carbocycles. The van der Waals surface area contributed by atoms with E-state index in [-0.39, 0.29) is 4.90 Å². The number of aromatic nitrogens is 2. The Hall–Kier alpha value is -2.19. The second-order valence-electron chi connectivity index (χ2n) is 6.94. The van der Waals surface area contributed by atoms with Crippen molar-refractivity contribution in [3.05, 3.63) is 41.9 Å². The van der Waals surface area contributed by atoms with E-state index in [1.807, 2.05) is 13.8 Å². The molecule has 2 aromatic rings. The van der Waals surface area contributed by atoms with E-state index in [0.717, 1.165) is 48.6 Å². The Morgan fingerprint density at radius 1 is 1.19 bits per heavy atom. The number of hydrogen-bond donors (Lipinski definition) is 1. The molecule has 1 saturated heterocycles. The van der Waals surface area contributed by atoms with Crippen LogP contribution >= 0.6 is 0 Å². The molecule has 0 amide bonds. The lowest BCUT2D eigenvalue weighted by atomic mass is 9.97. The summed E-state index contributed by atoms with van der Waals surface area (Å²) in [6.45, 7) is 5.86. The van der Waals surface area contributed by atoms with Gasteiger partial charge in [0, 0.05) is 32.0 Å². The first-order valence-electron chi connectivity index (χ1n) is 9.06. The third kappa shape index (κ3) is 4.56. The summed E-state index contributed by atoms with van der Waals surface area (Å²) < 4.78 is 33.5. The fourth-order valence-corrected chi connectivity index (χ4v) is 4.80. The zero-order chi connectivity index (χ0) is 19.4. The van der Waals surface area contributed by atoms with Gasteiger partial charge >= 0.3 is 0 Å². The van der Waals surface area contributed by atoms with Crippen LogP contribution in [0.15, 0.2) is 35.6 Å². The van der Waals surface area contributed by atoms with Crippen LogP contribution in [-0.4, -0.2) is 45.1 Å². The van der Waals surface area contributed by atoms with Gasteiger partial charge in [-0.25, -0.2) is 18.1 Å². The molecule has 1 aliphatic heterocycles. The van der Waals surface area contributed by atoms with E-state index in [1.165, 1.54) is 0 Å². The fraction of sp³-hybridized carbons (Fsp3) is 0.474. The average molecular weight is 391 g/mol. The van der Waals surface area contributed by atoms with Gasteiger partial charge in [-0.2, -0.15) is 0 Å². The van der Waals surface area contributed by atoms with Crippen molar-refractivity contribution in [1.29, 1.82) is 0 Å². The van der Waals surface area contributed by atoms with Gasteiger partial charge in [0.05, 0.1) is 18.2 Å². The highest BCUT2D eigenvalue weighted by Crippen LogP contribution is 2.27. The van der Waals surface area contributed by atoms with Crippen LogP contribution in [0.1, 0.15) is 24.0 Å². The standard InChI is InChI=1S/C19H26N4O3S/c1-14-10-17(11-15(2)19(14)26-3)27(24,25)22-12-16-4-8-23(9-5-16)18-13-20-6-7-21-18/h6-7,10-11,13,16,22H,4-5,8-9,12H2,1-3H3. The third-order valence-electron chi connectivity index (χ3n) is 5.00. The van der Waals surface area contributed by atoms with Gasteiger partial charge in [0.15, 0.2) is 0 Å². The number of sulfonamides is 1. The van der Waals surface area contributed by atoms with Crippen LogP contribution in [0, 0.1) is 19.8 Å². The Morgan fingerprint density at radius 3 is 2.41 bits per heavy atom. The molecule has 0 atom stereocenters. The molecular weight excluding hydrogens is 364 g/mol. The molecule has 0 aliphatic carbocycles. The van der Waals surface area contributed by atoms with Crippen LogP contribution < -0.4 is 14.4 Å². The molecule has 146 valence electrons. The van der Waals surface area contributed by atoms with Crippen LogP contribution in [-0.2, 0) is 10.0 Å². The molecular formula is C19H26N4O3S. The largest absolute Gasteiger partial charge is 0.496 e. The number of rotatable bonds is 6. The molecule has 3 rings (SSSR count). The zero-order valence-electron chi connectivity index (χ0n) is 16.0. The normalized spacial score (nSPS) is 15.7. The van der Waals surface area contributed by atoms with Crippen molar-refractivity contribution in [3.8, 4) is 5.75 Å². The highest BCUT2D eigenvalue weighted by molar-refractivity contribution is 7.89. The van der Waals surface area contributed by atoms with Crippen LogP contribution in [0.2, 0.25) is 0 Å². The predicted molar refractivity (Wildman–Crippen MR) is 105 cm³/mol. The van der Waals surface area contributed by atoms with Crippen molar-refractivity contribution < 1.29 is 13.2 Å². The summed E-state index contributed by atoms with van der Waals surface area (Å²) in [6, 6.07) is 3.32. The smallest absolute Gasteiger partial charge is 0.240 e. The molecule has 0 bridgehead atoms. The molecule has 2 heterocycles. The van der Waals surface area contributed by atoms with Gasteiger partial charge in [-0.05, 0) is 55.9 Å². The fourth-order valence-electron chi connectivity index (χ4n) is 3.52. The van der Waals surface area contributed by atoms with E-state index >= 15 is 0 Å². The second kappa shape index (κ2) is 8.22. The highest BCUT2D eigenvalue weighted by Gasteiger charge is 2.23. The minimum absolute atomic E-state index is 0.287. The first kappa shape index (κ1) is 19.6. The van der Waals surface area contributed by atoms with Crippen LogP contribution in [0.3, 0.4) is 0 Å². The van der Waals surface area contributed by atoms with Gasteiger partial charge in [0.2, 0.25) is 10.0 Å². The van der Waals surface area contributed by atoms with E-state index < -0.39 is 10.0 Å². The van der Waals surface area contributed by atoms with Crippen molar-refractivity contribution in [3.63, 3.8) is 0 Å². The maximum atomic E-state index is 12.7. The number of nitrogens with one attached hydrogen (secondary N) is 1. The minimum atomic E-state index is -3.54. The predicted octanol–water partition coefficient (Wildman–Crippen LogP) is 2.30. The molecule has 1 aromatic heterocycles. The second-order valence-corrected chi connectivity index (χ2v) is 8.70. The summed E-state index contributed by atoms with van der Waals surface area (Å²) in [5.41, 5.74) is 1.63. The summed E-state index contributed by atoms with van der Waals surface area (Å²) in [5.74, 6) is 1.92. The van der Waals surface area contributed by atoms with E-state index in [2.05, 4.69) is 19.6 Å².